The van der Waals surface area contributed by atoms with Gasteiger partial charge in [-0.3, -0.25) is 0 Å². The SMILES string of the molecule is CCC(N)Cc1ccc(Br)cc1N1CCS(=O)(=O)CC1. The molecule has 1 heterocycles. The molecule has 0 aromatic heterocycles. The number of rotatable bonds is 4. The first-order valence-electron chi connectivity index (χ1n) is 6.90. The van der Waals surface area contributed by atoms with Gasteiger partial charge < -0.3 is 10.6 Å². The lowest BCUT2D eigenvalue weighted by molar-refractivity contribution is 0.586. The molecule has 1 aliphatic heterocycles. The Morgan fingerprint density at radius 1 is 1.35 bits per heavy atom. The number of hydrogen-bond donors (Lipinski definition) is 1. The number of sulfone groups is 1. The molecule has 20 heavy (non-hydrogen) atoms. The maximum absolute atomic E-state index is 11.5. The predicted molar refractivity (Wildman–Crippen MR) is 87.0 cm³/mol. The Bertz CT molecular complexity index is 561. The molecule has 2 rings (SSSR count). The highest BCUT2D eigenvalue weighted by Gasteiger charge is 2.23. The first kappa shape index (κ1) is 15.8. The van der Waals surface area contributed by atoms with Crippen LogP contribution in [0.25, 0.3) is 0 Å². The summed E-state index contributed by atoms with van der Waals surface area (Å²) in [6, 6.07) is 6.30. The van der Waals surface area contributed by atoms with E-state index in [1.54, 1.807) is 0 Å². The molecule has 112 valence electrons. The third kappa shape index (κ3) is 3.96. The Kier molecular flexibility index (Phi) is 5.09. The molecule has 4 nitrogen and oxygen atoms in total. The van der Waals surface area contributed by atoms with Gasteiger partial charge in [-0.15, -0.1) is 0 Å². The molecule has 0 radical (unpaired) electrons. The number of hydrogen-bond acceptors (Lipinski definition) is 4. The molecular formula is C14H21BrN2O2S. The van der Waals surface area contributed by atoms with E-state index in [4.69, 9.17) is 5.73 Å². The van der Waals surface area contributed by atoms with Crippen molar-refractivity contribution >= 4 is 31.5 Å². The smallest absolute Gasteiger partial charge is 0.153 e. The lowest BCUT2D eigenvalue weighted by Gasteiger charge is -2.31. The topological polar surface area (TPSA) is 63.4 Å². The Hall–Kier alpha value is -0.590. The quantitative estimate of drug-likeness (QED) is 0.891. The molecule has 1 aromatic carbocycles. The van der Waals surface area contributed by atoms with Crippen molar-refractivity contribution in [2.24, 2.45) is 5.73 Å². The highest BCUT2D eigenvalue weighted by Crippen LogP contribution is 2.27. The highest BCUT2D eigenvalue weighted by molar-refractivity contribution is 9.10. The fraction of sp³-hybridized carbons (Fsp3) is 0.571. The van der Waals surface area contributed by atoms with Gasteiger partial charge in [-0.25, -0.2) is 8.42 Å². The van der Waals surface area contributed by atoms with Crippen LogP contribution in [-0.4, -0.2) is 39.1 Å². The largest absolute Gasteiger partial charge is 0.369 e. The van der Waals surface area contributed by atoms with E-state index in [1.807, 2.05) is 6.07 Å². The van der Waals surface area contributed by atoms with Crippen LogP contribution in [0.4, 0.5) is 5.69 Å². The summed E-state index contributed by atoms with van der Waals surface area (Å²) in [6.45, 7) is 3.21. The van der Waals surface area contributed by atoms with Crippen LogP contribution >= 0.6 is 15.9 Å². The summed E-state index contributed by atoms with van der Waals surface area (Å²) in [7, 11) is -2.85. The van der Waals surface area contributed by atoms with Gasteiger partial charge in [0.15, 0.2) is 9.84 Å². The van der Waals surface area contributed by atoms with Crippen molar-refractivity contribution in [2.45, 2.75) is 25.8 Å². The molecule has 1 aliphatic rings. The average molecular weight is 361 g/mol. The van der Waals surface area contributed by atoms with E-state index in [-0.39, 0.29) is 17.5 Å². The molecule has 1 fully saturated rings. The van der Waals surface area contributed by atoms with Gasteiger partial charge >= 0.3 is 0 Å². The van der Waals surface area contributed by atoms with Gasteiger partial charge in [0.2, 0.25) is 0 Å². The summed E-state index contributed by atoms with van der Waals surface area (Å²) in [6.07, 6.45) is 1.76. The molecule has 1 saturated heterocycles. The van der Waals surface area contributed by atoms with E-state index in [0.29, 0.717) is 13.1 Å². The van der Waals surface area contributed by atoms with Crippen molar-refractivity contribution in [3.8, 4) is 0 Å². The lowest BCUT2D eigenvalue weighted by atomic mass is 10.0. The third-order valence-electron chi connectivity index (χ3n) is 3.74. The summed E-state index contributed by atoms with van der Waals surface area (Å²) >= 11 is 3.49. The third-order valence-corrected chi connectivity index (χ3v) is 5.84. The van der Waals surface area contributed by atoms with Crippen molar-refractivity contribution in [3.63, 3.8) is 0 Å². The summed E-state index contributed by atoms with van der Waals surface area (Å²) in [5.74, 6) is 0.470. The molecule has 0 saturated carbocycles. The average Bonchev–Trinajstić information content (AvgIpc) is 2.41. The van der Waals surface area contributed by atoms with Crippen LogP contribution < -0.4 is 10.6 Å². The second-order valence-electron chi connectivity index (χ2n) is 5.28. The number of nitrogens with zero attached hydrogens (tertiary/aromatic N) is 1. The van der Waals surface area contributed by atoms with E-state index in [2.05, 4.69) is 39.9 Å². The standard InChI is InChI=1S/C14H21BrN2O2S/c1-2-13(16)9-11-3-4-12(15)10-14(11)17-5-7-20(18,19)8-6-17/h3-4,10,13H,2,5-9,16H2,1H3. The molecule has 1 aromatic rings. The Labute approximate surface area is 129 Å². The van der Waals surface area contributed by atoms with E-state index >= 15 is 0 Å². The molecule has 0 aliphatic carbocycles. The molecule has 0 spiro atoms. The van der Waals surface area contributed by atoms with Gasteiger partial charge in [0.1, 0.15) is 0 Å². The van der Waals surface area contributed by atoms with Crippen LogP contribution in [0, 0.1) is 0 Å². The normalized spacial score (nSPS) is 19.9. The van der Waals surface area contributed by atoms with Crippen molar-refractivity contribution in [1.29, 1.82) is 0 Å². The Morgan fingerprint density at radius 3 is 2.60 bits per heavy atom. The predicted octanol–water partition coefficient (Wildman–Crippen LogP) is 1.96. The summed E-state index contributed by atoms with van der Waals surface area (Å²) in [5, 5.41) is 0. The zero-order chi connectivity index (χ0) is 14.8. The maximum Gasteiger partial charge on any atom is 0.153 e. The number of benzene rings is 1. The van der Waals surface area contributed by atoms with Crippen molar-refractivity contribution < 1.29 is 8.42 Å². The minimum atomic E-state index is -2.85. The summed E-state index contributed by atoms with van der Waals surface area (Å²) < 4.78 is 24.1. The van der Waals surface area contributed by atoms with Gasteiger partial charge in [0, 0.05) is 29.3 Å². The number of nitrogens with two attached hydrogens (primary N) is 1. The number of anilines is 1. The maximum atomic E-state index is 11.5. The minimum absolute atomic E-state index is 0.142. The fourth-order valence-corrected chi connectivity index (χ4v) is 3.93. The summed E-state index contributed by atoms with van der Waals surface area (Å²) in [5.41, 5.74) is 8.36. The molecule has 0 bridgehead atoms. The van der Waals surface area contributed by atoms with E-state index in [0.717, 1.165) is 23.0 Å². The van der Waals surface area contributed by atoms with Gasteiger partial charge in [0.05, 0.1) is 11.5 Å². The van der Waals surface area contributed by atoms with E-state index < -0.39 is 9.84 Å². The molecule has 2 N–H and O–H groups in total. The minimum Gasteiger partial charge on any atom is -0.369 e. The highest BCUT2D eigenvalue weighted by atomic mass is 79.9. The van der Waals surface area contributed by atoms with Gasteiger partial charge in [-0.1, -0.05) is 28.9 Å². The monoisotopic (exact) mass is 360 g/mol. The van der Waals surface area contributed by atoms with Crippen molar-refractivity contribution in [3.05, 3.63) is 28.2 Å². The lowest BCUT2D eigenvalue weighted by Crippen LogP contribution is -2.41. The van der Waals surface area contributed by atoms with E-state index in [1.165, 1.54) is 5.56 Å². The van der Waals surface area contributed by atoms with Crippen LogP contribution in [-0.2, 0) is 16.3 Å². The van der Waals surface area contributed by atoms with Gasteiger partial charge in [-0.05, 0) is 30.5 Å². The van der Waals surface area contributed by atoms with Crippen molar-refractivity contribution in [1.82, 2.24) is 0 Å². The van der Waals surface area contributed by atoms with Crippen LogP contribution in [0.15, 0.2) is 22.7 Å². The summed E-state index contributed by atoms with van der Waals surface area (Å²) in [4.78, 5) is 2.16. The van der Waals surface area contributed by atoms with Crippen LogP contribution in [0.2, 0.25) is 0 Å². The molecule has 1 unspecified atom stereocenters. The fourth-order valence-electron chi connectivity index (χ4n) is 2.38. The van der Waals surface area contributed by atoms with Crippen molar-refractivity contribution in [2.75, 3.05) is 29.5 Å². The molecule has 0 amide bonds. The Morgan fingerprint density at radius 2 is 2.00 bits per heavy atom. The number of halogens is 1. The zero-order valence-corrected chi connectivity index (χ0v) is 14.1. The second-order valence-corrected chi connectivity index (χ2v) is 8.50. The van der Waals surface area contributed by atoms with E-state index in [9.17, 15) is 8.42 Å². The van der Waals surface area contributed by atoms with Crippen LogP contribution in [0.3, 0.4) is 0 Å². The van der Waals surface area contributed by atoms with Gasteiger partial charge in [0.25, 0.3) is 0 Å². The molecular weight excluding hydrogens is 340 g/mol. The first-order valence-corrected chi connectivity index (χ1v) is 9.52. The van der Waals surface area contributed by atoms with Gasteiger partial charge in [-0.2, -0.15) is 0 Å². The zero-order valence-electron chi connectivity index (χ0n) is 11.7. The Balaban J connectivity index is 2.23. The second kappa shape index (κ2) is 6.45. The first-order chi connectivity index (χ1) is 9.41. The molecule has 1 atom stereocenters. The van der Waals surface area contributed by atoms with Crippen LogP contribution in [0.5, 0.6) is 0 Å². The van der Waals surface area contributed by atoms with Crippen LogP contribution in [0.1, 0.15) is 18.9 Å². The molecule has 6 heteroatoms.